The summed E-state index contributed by atoms with van der Waals surface area (Å²) in [7, 11) is 0. The molecule has 0 bridgehead atoms. The second-order valence-corrected chi connectivity index (χ2v) is 6.40. The first-order valence-corrected chi connectivity index (χ1v) is 8.48. The maximum Gasteiger partial charge on any atom is 0.225 e. The minimum Gasteiger partial charge on any atom is -0.467 e. The first-order chi connectivity index (χ1) is 11.2. The van der Waals surface area contributed by atoms with E-state index in [4.69, 9.17) is 4.42 Å². The third-order valence-corrected chi connectivity index (χ3v) is 4.64. The first kappa shape index (κ1) is 15.8. The molecule has 124 valence electrons. The van der Waals surface area contributed by atoms with E-state index >= 15 is 0 Å². The van der Waals surface area contributed by atoms with Gasteiger partial charge in [-0.05, 0) is 44.2 Å². The third-order valence-electron chi connectivity index (χ3n) is 4.64. The van der Waals surface area contributed by atoms with Gasteiger partial charge in [-0.3, -0.25) is 9.59 Å². The molecule has 1 aliphatic heterocycles. The molecule has 0 unspecified atom stereocenters. The smallest absolute Gasteiger partial charge is 0.225 e. The molecule has 1 saturated heterocycles. The molecule has 5 nitrogen and oxygen atoms in total. The van der Waals surface area contributed by atoms with Crippen LogP contribution in [0.25, 0.3) is 0 Å². The number of nitrogens with one attached hydrogen (secondary N) is 1. The highest BCUT2D eigenvalue weighted by atomic mass is 16.3. The van der Waals surface area contributed by atoms with Crippen molar-refractivity contribution >= 4 is 11.8 Å². The average molecular weight is 316 g/mol. The van der Waals surface area contributed by atoms with Crippen molar-refractivity contribution in [3.05, 3.63) is 35.8 Å². The van der Waals surface area contributed by atoms with Crippen molar-refractivity contribution in [1.82, 2.24) is 10.2 Å². The van der Waals surface area contributed by atoms with E-state index in [0.717, 1.165) is 18.6 Å². The van der Waals surface area contributed by atoms with Crippen LogP contribution in [0.2, 0.25) is 0 Å². The quantitative estimate of drug-likeness (QED) is 0.821. The number of furan rings is 1. The molecule has 1 N–H and O–H groups in total. The van der Waals surface area contributed by atoms with Crippen LogP contribution >= 0.6 is 0 Å². The topological polar surface area (TPSA) is 62.6 Å². The van der Waals surface area contributed by atoms with Crippen LogP contribution in [0.3, 0.4) is 0 Å². The lowest BCUT2D eigenvalue weighted by atomic mass is 9.97. The minimum absolute atomic E-state index is 0.00305. The molecule has 1 atom stereocenters. The Morgan fingerprint density at radius 2 is 2.30 bits per heavy atom. The van der Waals surface area contributed by atoms with Crippen molar-refractivity contribution in [2.45, 2.75) is 45.1 Å². The maximum atomic E-state index is 12.2. The van der Waals surface area contributed by atoms with Crippen LogP contribution in [0, 0.1) is 5.92 Å². The largest absolute Gasteiger partial charge is 0.467 e. The fourth-order valence-electron chi connectivity index (χ4n) is 3.31. The summed E-state index contributed by atoms with van der Waals surface area (Å²) >= 11 is 0. The molecule has 1 aliphatic carbocycles. The number of rotatable bonds is 6. The Balaban J connectivity index is 1.43. The van der Waals surface area contributed by atoms with Gasteiger partial charge in [-0.25, -0.2) is 0 Å². The van der Waals surface area contributed by atoms with E-state index in [1.165, 1.54) is 24.8 Å². The molecule has 1 fully saturated rings. The van der Waals surface area contributed by atoms with Crippen molar-refractivity contribution in [3.63, 3.8) is 0 Å². The number of allylic oxidation sites excluding steroid dienone is 1. The molecule has 3 rings (SSSR count). The van der Waals surface area contributed by atoms with Crippen LogP contribution in [0.5, 0.6) is 0 Å². The molecule has 1 aromatic rings. The molecular weight excluding hydrogens is 292 g/mol. The summed E-state index contributed by atoms with van der Waals surface area (Å²) < 4.78 is 5.27. The normalized spacial score (nSPS) is 21.4. The molecular formula is C18H24N2O3. The monoisotopic (exact) mass is 316 g/mol. The van der Waals surface area contributed by atoms with E-state index in [2.05, 4.69) is 11.4 Å². The number of hydrogen-bond donors (Lipinski definition) is 1. The van der Waals surface area contributed by atoms with Gasteiger partial charge >= 0.3 is 0 Å². The Labute approximate surface area is 136 Å². The van der Waals surface area contributed by atoms with E-state index < -0.39 is 0 Å². The van der Waals surface area contributed by atoms with Gasteiger partial charge in [0.1, 0.15) is 5.76 Å². The van der Waals surface area contributed by atoms with Gasteiger partial charge in [0.05, 0.1) is 18.7 Å². The Morgan fingerprint density at radius 1 is 1.39 bits per heavy atom. The lowest BCUT2D eigenvalue weighted by molar-refractivity contribution is -0.129. The van der Waals surface area contributed by atoms with Crippen molar-refractivity contribution in [2.75, 3.05) is 13.1 Å². The SMILES string of the molecule is O=C(NCCC1=CCCCC1)[C@@H]1CC(=O)N(Cc2ccco2)C1. The highest BCUT2D eigenvalue weighted by Crippen LogP contribution is 2.21. The van der Waals surface area contributed by atoms with Crippen LogP contribution in [-0.2, 0) is 16.1 Å². The molecule has 0 radical (unpaired) electrons. The van der Waals surface area contributed by atoms with Crippen LogP contribution in [-0.4, -0.2) is 29.8 Å². The van der Waals surface area contributed by atoms with Gasteiger partial charge in [0, 0.05) is 19.5 Å². The molecule has 0 aromatic carbocycles. The summed E-state index contributed by atoms with van der Waals surface area (Å²) in [5.74, 6) is 0.537. The number of carbonyl (C=O) groups excluding carboxylic acids is 2. The van der Waals surface area contributed by atoms with Crippen LogP contribution in [0.1, 0.15) is 44.3 Å². The fourth-order valence-corrected chi connectivity index (χ4v) is 3.31. The number of likely N-dealkylation sites (tertiary alicyclic amines) is 1. The van der Waals surface area contributed by atoms with E-state index in [1.807, 2.05) is 6.07 Å². The van der Waals surface area contributed by atoms with Gasteiger partial charge in [0.25, 0.3) is 0 Å². The zero-order chi connectivity index (χ0) is 16.1. The number of carbonyl (C=O) groups is 2. The predicted molar refractivity (Wildman–Crippen MR) is 86.4 cm³/mol. The molecule has 2 amide bonds. The Hall–Kier alpha value is -2.04. The van der Waals surface area contributed by atoms with E-state index in [1.54, 1.807) is 17.2 Å². The zero-order valence-electron chi connectivity index (χ0n) is 13.4. The van der Waals surface area contributed by atoms with Crippen LogP contribution in [0.15, 0.2) is 34.5 Å². The van der Waals surface area contributed by atoms with Crippen molar-refractivity contribution in [2.24, 2.45) is 5.92 Å². The molecule has 2 heterocycles. The third kappa shape index (κ3) is 4.24. The fraction of sp³-hybridized carbons (Fsp3) is 0.556. The van der Waals surface area contributed by atoms with Crippen molar-refractivity contribution in [1.29, 1.82) is 0 Å². The number of hydrogen-bond acceptors (Lipinski definition) is 3. The molecule has 5 heteroatoms. The Morgan fingerprint density at radius 3 is 3.04 bits per heavy atom. The van der Waals surface area contributed by atoms with E-state index in [-0.39, 0.29) is 17.7 Å². The molecule has 2 aliphatic rings. The summed E-state index contributed by atoms with van der Waals surface area (Å²) in [5, 5.41) is 2.99. The van der Waals surface area contributed by atoms with Gasteiger partial charge in [0.2, 0.25) is 11.8 Å². The maximum absolute atomic E-state index is 12.2. The number of amides is 2. The van der Waals surface area contributed by atoms with Crippen molar-refractivity contribution < 1.29 is 14.0 Å². The Bertz CT molecular complexity index is 577. The van der Waals surface area contributed by atoms with Crippen LogP contribution in [0.4, 0.5) is 0 Å². The second kappa shape index (κ2) is 7.49. The van der Waals surface area contributed by atoms with Gasteiger partial charge in [-0.1, -0.05) is 11.6 Å². The van der Waals surface area contributed by atoms with Crippen molar-refractivity contribution in [3.8, 4) is 0 Å². The molecule has 23 heavy (non-hydrogen) atoms. The highest BCUT2D eigenvalue weighted by Gasteiger charge is 2.34. The first-order valence-electron chi connectivity index (χ1n) is 8.48. The summed E-state index contributed by atoms with van der Waals surface area (Å²) in [6.07, 6.45) is 10.0. The highest BCUT2D eigenvalue weighted by molar-refractivity contribution is 5.89. The summed E-state index contributed by atoms with van der Waals surface area (Å²) in [5.41, 5.74) is 1.46. The summed E-state index contributed by atoms with van der Waals surface area (Å²) in [6, 6.07) is 3.65. The Kier molecular flexibility index (Phi) is 5.16. The second-order valence-electron chi connectivity index (χ2n) is 6.40. The average Bonchev–Trinajstić information content (AvgIpc) is 3.19. The van der Waals surface area contributed by atoms with E-state index in [0.29, 0.717) is 26.1 Å². The lowest BCUT2D eigenvalue weighted by Crippen LogP contribution is -2.33. The molecule has 0 spiro atoms. The molecule has 0 saturated carbocycles. The summed E-state index contributed by atoms with van der Waals surface area (Å²) in [6.45, 7) is 1.60. The zero-order valence-corrected chi connectivity index (χ0v) is 13.4. The van der Waals surface area contributed by atoms with Gasteiger partial charge in [-0.15, -0.1) is 0 Å². The number of nitrogens with zero attached hydrogens (tertiary/aromatic N) is 1. The van der Waals surface area contributed by atoms with Gasteiger partial charge < -0.3 is 14.6 Å². The minimum atomic E-state index is -0.238. The van der Waals surface area contributed by atoms with Gasteiger partial charge in [0.15, 0.2) is 0 Å². The standard InChI is InChI=1S/C18H24N2O3/c21-17-11-15(12-20(17)13-16-7-4-10-23-16)18(22)19-9-8-14-5-2-1-3-6-14/h4-5,7,10,15H,1-3,6,8-9,11-13H2,(H,19,22)/t15-/m1/s1. The summed E-state index contributed by atoms with van der Waals surface area (Å²) in [4.78, 5) is 26.0. The van der Waals surface area contributed by atoms with E-state index in [9.17, 15) is 9.59 Å². The molecule has 1 aromatic heterocycles. The predicted octanol–water partition coefficient (Wildman–Crippen LogP) is 2.63. The van der Waals surface area contributed by atoms with Crippen LogP contribution < -0.4 is 5.32 Å². The van der Waals surface area contributed by atoms with Gasteiger partial charge in [-0.2, -0.15) is 0 Å². The lowest BCUT2D eigenvalue weighted by Gasteiger charge is -2.16.